The van der Waals surface area contributed by atoms with Crippen LogP contribution in [-0.4, -0.2) is 64.1 Å². The van der Waals surface area contributed by atoms with E-state index in [-0.39, 0.29) is 18.2 Å². The first-order chi connectivity index (χ1) is 16.4. The van der Waals surface area contributed by atoms with Gasteiger partial charge in [0.15, 0.2) is 0 Å². The van der Waals surface area contributed by atoms with E-state index in [1.807, 2.05) is 54.9 Å². The SMILES string of the molecule is COC(=O)c1ccc(CN2CCN(C(=O)c3cccc(-n4nc(C)cc4C)c3)CCC2=O)cc1. The maximum absolute atomic E-state index is 13.3. The number of amides is 2. The molecule has 0 unspecified atom stereocenters. The zero-order chi connectivity index (χ0) is 24.2. The molecule has 4 rings (SSSR count). The van der Waals surface area contributed by atoms with E-state index in [1.165, 1.54) is 7.11 Å². The van der Waals surface area contributed by atoms with Gasteiger partial charge in [-0.05, 0) is 55.8 Å². The van der Waals surface area contributed by atoms with Crippen molar-refractivity contribution >= 4 is 17.8 Å². The van der Waals surface area contributed by atoms with Gasteiger partial charge < -0.3 is 14.5 Å². The van der Waals surface area contributed by atoms with Crippen LogP contribution >= 0.6 is 0 Å². The lowest BCUT2D eigenvalue weighted by molar-refractivity contribution is -0.130. The van der Waals surface area contributed by atoms with E-state index in [1.54, 1.807) is 28.0 Å². The van der Waals surface area contributed by atoms with Crippen LogP contribution in [-0.2, 0) is 16.1 Å². The number of benzene rings is 2. The molecule has 0 radical (unpaired) electrons. The summed E-state index contributed by atoms with van der Waals surface area (Å²) in [6.45, 7) is 5.61. The van der Waals surface area contributed by atoms with Crippen molar-refractivity contribution in [2.75, 3.05) is 26.7 Å². The Kier molecular flexibility index (Phi) is 6.77. The molecule has 8 nitrogen and oxygen atoms in total. The highest BCUT2D eigenvalue weighted by molar-refractivity contribution is 5.95. The van der Waals surface area contributed by atoms with Crippen molar-refractivity contribution < 1.29 is 19.1 Å². The molecule has 0 spiro atoms. The summed E-state index contributed by atoms with van der Waals surface area (Å²) in [5.74, 6) is -0.488. The molecule has 8 heteroatoms. The summed E-state index contributed by atoms with van der Waals surface area (Å²) < 4.78 is 6.55. The van der Waals surface area contributed by atoms with Crippen molar-refractivity contribution in [1.82, 2.24) is 19.6 Å². The summed E-state index contributed by atoms with van der Waals surface area (Å²) in [7, 11) is 1.34. The molecule has 1 aromatic heterocycles. The van der Waals surface area contributed by atoms with Gasteiger partial charge in [-0.2, -0.15) is 5.10 Å². The zero-order valence-corrected chi connectivity index (χ0v) is 19.7. The third-order valence-electron chi connectivity index (χ3n) is 5.97. The van der Waals surface area contributed by atoms with E-state index in [0.29, 0.717) is 37.3 Å². The number of nitrogens with zero attached hydrogens (tertiary/aromatic N) is 4. The first kappa shape index (κ1) is 23.2. The van der Waals surface area contributed by atoms with Gasteiger partial charge in [-0.3, -0.25) is 9.59 Å². The summed E-state index contributed by atoms with van der Waals surface area (Å²) in [6.07, 6.45) is 0.267. The monoisotopic (exact) mass is 460 g/mol. The summed E-state index contributed by atoms with van der Waals surface area (Å²) in [5.41, 5.74) is 4.70. The van der Waals surface area contributed by atoms with Crippen LogP contribution in [0.2, 0.25) is 0 Å². The summed E-state index contributed by atoms with van der Waals surface area (Å²) in [6, 6.07) is 16.4. The van der Waals surface area contributed by atoms with Crippen molar-refractivity contribution in [1.29, 1.82) is 0 Å². The van der Waals surface area contributed by atoms with Gasteiger partial charge in [-0.1, -0.05) is 18.2 Å². The van der Waals surface area contributed by atoms with Gasteiger partial charge in [0, 0.05) is 43.9 Å². The minimum atomic E-state index is -0.395. The van der Waals surface area contributed by atoms with E-state index in [4.69, 9.17) is 4.74 Å². The number of esters is 1. The molecule has 2 aromatic carbocycles. The van der Waals surface area contributed by atoms with E-state index in [9.17, 15) is 14.4 Å². The number of aromatic nitrogens is 2. The van der Waals surface area contributed by atoms with Crippen LogP contribution in [0.1, 0.15) is 44.1 Å². The zero-order valence-electron chi connectivity index (χ0n) is 19.7. The average Bonchev–Trinajstić information content (AvgIpc) is 3.09. The molecule has 3 aromatic rings. The second kappa shape index (κ2) is 9.91. The third-order valence-corrected chi connectivity index (χ3v) is 5.97. The smallest absolute Gasteiger partial charge is 0.337 e. The third kappa shape index (κ3) is 5.01. The van der Waals surface area contributed by atoms with Crippen LogP contribution < -0.4 is 0 Å². The Morgan fingerprint density at radius 3 is 2.41 bits per heavy atom. The first-order valence-corrected chi connectivity index (χ1v) is 11.2. The number of carbonyl (C=O) groups is 3. The molecule has 2 amide bonds. The minimum absolute atomic E-state index is 0.00346. The number of rotatable bonds is 5. The number of ether oxygens (including phenoxy) is 1. The lowest BCUT2D eigenvalue weighted by atomic mass is 10.1. The molecule has 0 atom stereocenters. The predicted molar refractivity (Wildman–Crippen MR) is 127 cm³/mol. The normalized spacial score (nSPS) is 14.1. The highest BCUT2D eigenvalue weighted by Crippen LogP contribution is 2.17. The molecular weight excluding hydrogens is 432 g/mol. The van der Waals surface area contributed by atoms with Crippen molar-refractivity contribution in [3.05, 3.63) is 82.7 Å². The van der Waals surface area contributed by atoms with Crippen LogP contribution in [0.15, 0.2) is 54.6 Å². The topological polar surface area (TPSA) is 84.7 Å². The van der Waals surface area contributed by atoms with E-state index < -0.39 is 5.97 Å². The number of aryl methyl sites for hydroxylation is 2. The molecule has 0 bridgehead atoms. The Bertz CT molecular complexity index is 1220. The molecule has 176 valence electrons. The molecule has 1 aliphatic rings. The summed E-state index contributed by atoms with van der Waals surface area (Å²) >= 11 is 0. The second-order valence-corrected chi connectivity index (χ2v) is 8.44. The average molecular weight is 461 g/mol. The van der Waals surface area contributed by atoms with Gasteiger partial charge in [0.2, 0.25) is 5.91 Å². The minimum Gasteiger partial charge on any atom is -0.465 e. The molecule has 0 aliphatic carbocycles. The molecular formula is C26H28N4O4. The Morgan fingerprint density at radius 2 is 1.74 bits per heavy atom. The molecule has 0 N–H and O–H groups in total. The highest BCUT2D eigenvalue weighted by Gasteiger charge is 2.25. The van der Waals surface area contributed by atoms with Crippen molar-refractivity contribution in [3.63, 3.8) is 0 Å². The fourth-order valence-corrected chi connectivity index (χ4v) is 4.16. The number of carbonyl (C=O) groups excluding carboxylic acids is 3. The van der Waals surface area contributed by atoms with Crippen molar-refractivity contribution in [2.24, 2.45) is 0 Å². The van der Waals surface area contributed by atoms with Crippen LogP contribution in [0.3, 0.4) is 0 Å². The quantitative estimate of drug-likeness (QED) is 0.546. The fourth-order valence-electron chi connectivity index (χ4n) is 4.16. The molecule has 1 saturated heterocycles. The Balaban J connectivity index is 1.44. The molecule has 34 heavy (non-hydrogen) atoms. The van der Waals surface area contributed by atoms with Crippen molar-refractivity contribution in [2.45, 2.75) is 26.8 Å². The van der Waals surface area contributed by atoms with Crippen LogP contribution in [0.25, 0.3) is 5.69 Å². The molecule has 0 saturated carbocycles. The maximum atomic E-state index is 13.3. The Labute approximate surface area is 198 Å². The predicted octanol–water partition coefficient (Wildman–Crippen LogP) is 3.15. The summed E-state index contributed by atoms with van der Waals surface area (Å²) in [5, 5.41) is 4.50. The van der Waals surface area contributed by atoms with Crippen LogP contribution in [0.4, 0.5) is 0 Å². The Hall–Kier alpha value is -3.94. The lowest BCUT2D eigenvalue weighted by Gasteiger charge is -2.22. The Morgan fingerprint density at radius 1 is 0.971 bits per heavy atom. The summed E-state index contributed by atoms with van der Waals surface area (Å²) in [4.78, 5) is 41.1. The van der Waals surface area contributed by atoms with Gasteiger partial charge >= 0.3 is 5.97 Å². The number of hydrogen-bond donors (Lipinski definition) is 0. The van der Waals surface area contributed by atoms with Gasteiger partial charge in [-0.25, -0.2) is 9.48 Å². The number of hydrogen-bond acceptors (Lipinski definition) is 5. The van der Waals surface area contributed by atoms with Crippen LogP contribution in [0.5, 0.6) is 0 Å². The molecule has 2 heterocycles. The van der Waals surface area contributed by atoms with Gasteiger partial charge in [-0.15, -0.1) is 0 Å². The lowest BCUT2D eigenvalue weighted by Crippen LogP contribution is -2.35. The van der Waals surface area contributed by atoms with Gasteiger partial charge in [0.05, 0.1) is 24.1 Å². The van der Waals surface area contributed by atoms with Gasteiger partial charge in [0.25, 0.3) is 5.91 Å². The maximum Gasteiger partial charge on any atom is 0.337 e. The second-order valence-electron chi connectivity index (χ2n) is 8.44. The van der Waals surface area contributed by atoms with E-state index in [0.717, 1.165) is 22.6 Å². The fraction of sp³-hybridized carbons (Fsp3) is 0.308. The highest BCUT2D eigenvalue weighted by atomic mass is 16.5. The van der Waals surface area contributed by atoms with Crippen molar-refractivity contribution in [3.8, 4) is 5.69 Å². The van der Waals surface area contributed by atoms with Crippen LogP contribution in [0, 0.1) is 13.8 Å². The van der Waals surface area contributed by atoms with E-state index >= 15 is 0 Å². The van der Waals surface area contributed by atoms with Gasteiger partial charge in [0.1, 0.15) is 0 Å². The van der Waals surface area contributed by atoms with E-state index in [2.05, 4.69) is 5.10 Å². The number of methoxy groups -OCH3 is 1. The largest absolute Gasteiger partial charge is 0.465 e. The first-order valence-electron chi connectivity index (χ1n) is 11.2. The molecule has 1 aliphatic heterocycles. The standard InChI is InChI=1S/C26H28N4O4/c1-18-15-19(2)30(27-18)23-6-4-5-22(16-23)25(32)28-12-11-24(31)29(14-13-28)17-20-7-9-21(10-8-20)26(33)34-3/h4-10,15-16H,11-14,17H2,1-3H3. The molecule has 1 fully saturated rings.